The molecule has 0 aliphatic carbocycles. The molecule has 2 aromatic rings. The van der Waals surface area contributed by atoms with E-state index in [-0.39, 0.29) is 24.7 Å². The van der Waals surface area contributed by atoms with E-state index >= 15 is 0 Å². The van der Waals surface area contributed by atoms with Crippen LogP contribution in [0.15, 0.2) is 48.7 Å². The number of rotatable bonds is 6. The zero-order chi connectivity index (χ0) is 15.1. The van der Waals surface area contributed by atoms with Gasteiger partial charge in [0.25, 0.3) is 5.69 Å². The van der Waals surface area contributed by atoms with Crippen LogP contribution in [0.3, 0.4) is 0 Å². The molecule has 0 saturated heterocycles. The van der Waals surface area contributed by atoms with Crippen molar-refractivity contribution in [1.82, 2.24) is 4.98 Å². The van der Waals surface area contributed by atoms with Crippen LogP contribution in [0, 0.1) is 10.1 Å². The molecular weight excluding hydrogens is 308 g/mol. The predicted octanol–water partition coefficient (Wildman–Crippen LogP) is 3.20. The number of nitrogens with zero attached hydrogens (tertiary/aromatic N) is 2. The summed E-state index contributed by atoms with van der Waals surface area (Å²) in [5, 5.41) is 10.5. The number of nitro benzene ring substituents is 1. The first-order valence-corrected chi connectivity index (χ1v) is 6.48. The van der Waals surface area contributed by atoms with Gasteiger partial charge in [-0.2, -0.15) is 0 Å². The molecule has 0 fully saturated rings. The molecule has 0 bridgehead atoms. The highest BCUT2D eigenvalue weighted by atomic mass is 35.5. The van der Waals surface area contributed by atoms with Crippen molar-refractivity contribution in [3.05, 3.63) is 70.0 Å². The molecular formula is C15H15ClN2O4. The third kappa shape index (κ3) is 5.14. The standard InChI is InChI=1S/C15H14N2O4.ClH/c18-15(12-6-8-14(9-7-12)17(19)20)21-11-3-5-13-4-1-2-10-16-13;/h1-2,4,6-10H,3,5,11H2;1H. The third-order valence-corrected chi connectivity index (χ3v) is 2.85. The van der Waals surface area contributed by atoms with Gasteiger partial charge in [0.1, 0.15) is 0 Å². The van der Waals surface area contributed by atoms with Crippen LogP contribution in [0.1, 0.15) is 22.5 Å². The number of aromatic nitrogens is 1. The summed E-state index contributed by atoms with van der Waals surface area (Å²) < 4.78 is 5.11. The van der Waals surface area contributed by atoms with Crippen LogP contribution in [0.4, 0.5) is 5.69 Å². The number of benzene rings is 1. The lowest BCUT2D eigenvalue weighted by atomic mass is 10.2. The second-order valence-corrected chi connectivity index (χ2v) is 4.36. The largest absolute Gasteiger partial charge is 0.462 e. The fraction of sp³-hybridized carbons (Fsp3) is 0.200. The first-order chi connectivity index (χ1) is 10.2. The number of nitro groups is 1. The number of carbonyl (C=O) groups excluding carboxylic acids is 1. The van der Waals surface area contributed by atoms with Crippen molar-refractivity contribution in [3.8, 4) is 0 Å². The number of halogens is 1. The van der Waals surface area contributed by atoms with Gasteiger partial charge < -0.3 is 4.74 Å². The van der Waals surface area contributed by atoms with E-state index in [0.717, 1.165) is 12.1 Å². The van der Waals surface area contributed by atoms with Gasteiger partial charge in [-0.25, -0.2) is 4.79 Å². The lowest BCUT2D eigenvalue weighted by molar-refractivity contribution is -0.384. The molecule has 0 radical (unpaired) electrons. The summed E-state index contributed by atoms with van der Waals surface area (Å²) in [4.78, 5) is 25.9. The highest BCUT2D eigenvalue weighted by Crippen LogP contribution is 2.12. The summed E-state index contributed by atoms with van der Waals surface area (Å²) in [5.41, 5.74) is 1.20. The van der Waals surface area contributed by atoms with Crippen molar-refractivity contribution >= 4 is 24.1 Å². The normalized spacial score (nSPS) is 9.64. The van der Waals surface area contributed by atoms with Gasteiger partial charge in [0.15, 0.2) is 0 Å². The van der Waals surface area contributed by atoms with Crippen LogP contribution in [-0.4, -0.2) is 22.5 Å². The van der Waals surface area contributed by atoms with Crippen molar-refractivity contribution in [3.63, 3.8) is 0 Å². The molecule has 7 heteroatoms. The maximum Gasteiger partial charge on any atom is 0.338 e. The van der Waals surface area contributed by atoms with Crippen LogP contribution in [0.5, 0.6) is 0 Å². The molecule has 0 aliphatic heterocycles. The number of aryl methyl sites for hydroxylation is 1. The molecule has 0 saturated carbocycles. The highest BCUT2D eigenvalue weighted by molar-refractivity contribution is 5.89. The summed E-state index contributed by atoms with van der Waals surface area (Å²) in [7, 11) is 0. The van der Waals surface area contributed by atoms with E-state index in [0.29, 0.717) is 12.0 Å². The van der Waals surface area contributed by atoms with E-state index in [9.17, 15) is 14.9 Å². The zero-order valence-corrected chi connectivity index (χ0v) is 12.5. The van der Waals surface area contributed by atoms with Crippen LogP contribution >= 0.6 is 12.4 Å². The van der Waals surface area contributed by atoms with Gasteiger partial charge in [-0.3, -0.25) is 15.1 Å². The second kappa shape index (κ2) is 8.74. The number of ether oxygens (including phenoxy) is 1. The molecule has 2 rings (SSSR count). The number of carbonyl (C=O) groups is 1. The first kappa shape index (κ1) is 17.6. The Hall–Kier alpha value is -2.47. The van der Waals surface area contributed by atoms with Gasteiger partial charge in [0.2, 0.25) is 0 Å². The maximum absolute atomic E-state index is 11.7. The molecule has 0 spiro atoms. The number of non-ortho nitro benzene ring substituents is 1. The van der Waals surface area contributed by atoms with Gasteiger partial charge in [-0.15, -0.1) is 12.4 Å². The average Bonchev–Trinajstić information content (AvgIpc) is 2.52. The Balaban J connectivity index is 0.00000242. The molecule has 0 unspecified atom stereocenters. The summed E-state index contributed by atoms with van der Waals surface area (Å²) in [6, 6.07) is 11.0. The Morgan fingerprint density at radius 3 is 2.50 bits per heavy atom. The average molecular weight is 323 g/mol. The lowest BCUT2D eigenvalue weighted by Crippen LogP contribution is -2.07. The molecule has 0 aliphatic rings. The highest BCUT2D eigenvalue weighted by Gasteiger charge is 2.10. The van der Waals surface area contributed by atoms with Crippen LogP contribution in [0.2, 0.25) is 0 Å². The van der Waals surface area contributed by atoms with E-state index in [4.69, 9.17) is 4.74 Å². The molecule has 1 heterocycles. The minimum Gasteiger partial charge on any atom is -0.462 e. The van der Waals surface area contributed by atoms with Gasteiger partial charge in [-0.1, -0.05) is 6.07 Å². The zero-order valence-electron chi connectivity index (χ0n) is 11.7. The fourth-order valence-electron chi connectivity index (χ4n) is 1.77. The Morgan fingerprint density at radius 2 is 1.91 bits per heavy atom. The molecule has 6 nitrogen and oxygen atoms in total. The van der Waals surface area contributed by atoms with Crippen LogP contribution in [0.25, 0.3) is 0 Å². The van der Waals surface area contributed by atoms with E-state index < -0.39 is 10.9 Å². The summed E-state index contributed by atoms with van der Waals surface area (Å²) in [5.74, 6) is -0.481. The summed E-state index contributed by atoms with van der Waals surface area (Å²) in [6.45, 7) is 0.284. The van der Waals surface area contributed by atoms with Crippen molar-refractivity contribution < 1.29 is 14.5 Å². The van der Waals surface area contributed by atoms with Gasteiger partial charge >= 0.3 is 5.97 Å². The van der Waals surface area contributed by atoms with Crippen molar-refractivity contribution in [2.45, 2.75) is 12.8 Å². The quantitative estimate of drug-likeness (QED) is 0.353. The minimum atomic E-state index is -0.512. The minimum absolute atomic E-state index is 0. The predicted molar refractivity (Wildman–Crippen MR) is 83.2 cm³/mol. The molecule has 0 amide bonds. The number of hydrogen-bond donors (Lipinski definition) is 0. The number of pyridine rings is 1. The molecule has 22 heavy (non-hydrogen) atoms. The number of esters is 1. The van der Waals surface area contributed by atoms with E-state index in [1.165, 1.54) is 24.3 Å². The topological polar surface area (TPSA) is 82.3 Å². The Labute approximate surface area is 133 Å². The summed E-state index contributed by atoms with van der Waals surface area (Å²) in [6.07, 6.45) is 3.13. The Bertz CT molecular complexity index is 617. The van der Waals surface area contributed by atoms with Crippen molar-refractivity contribution in [2.75, 3.05) is 6.61 Å². The van der Waals surface area contributed by atoms with Crippen LogP contribution < -0.4 is 0 Å². The van der Waals surface area contributed by atoms with Crippen molar-refractivity contribution in [2.24, 2.45) is 0 Å². The smallest absolute Gasteiger partial charge is 0.338 e. The molecule has 0 N–H and O–H groups in total. The Morgan fingerprint density at radius 1 is 1.18 bits per heavy atom. The monoisotopic (exact) mass is 322 g/mol. The van der Waals surface area contributed by atoms with E-state index in [1.807, 2.05) is 18.2 Å². The number of hydrogen-bond acceptors (Lipinski definition) is 5. The Kier molecular flexibility index (Phi) is 6.98. The summed E-state index contributed by atoms with van der Waals surface area (Å²) >= 11 is 0. The SMILES string of the molecule is Cl.O=C(OCCCc1ccccn1)c1ccc([N+](=O)[O-])cc1. The lowest BCUT2D eigenvalue weighted by Gasteiger charge is -2.04. The fourth-order valence-corrected chi connectivity index (χ4v) is 1.77. The van der Waals surface area contributed by atoms with E-state index in [2.05, 4.69) is 4.98 Å². The van der Waals surface area contributed by atoms with Crippen LogP contribution in [-0.2, 0) is 11.2 Å². The third-order valence-electron chi connectivity index (χ3n) is 2.85. The maximum atomic E-state index is 11.7. The molecule has 1 aromatic carbocycles. The van der Waals surface area contributed by atoms with Gasteiger partial charge in [0.05, 0.1) is 17.1 Å². The first-order valence-electron chi connectivity index (χ1n) is 6.48. The second-order valence-electron chi connectivity index (χ2n) is 4.36. The van der Waals surface area contributed by atoms with Gasteiger partial charge in [-0.05, 0) is 37.1 Å². The molecule has 0 atom stereocenters. The van der Waals surface area contributed by atoms with Crippen molar-refractivity contribution in [1.29, 1.82) is 0 Å². The molecule has 1 aromatic heterocycles. The van der Waals surface area contributed by atoms with E-state index in [1.54, 1.807) is 6.20 Å². The molecule has 116 valence electrons. The van der Waals surface area contributed by atoms with Gasteiger partial charge in [0, 0.05) is 24.0 Å².